The lowest BCUT2D eigenvalue weighted by Gasteiger charge is -2.13. The Hall–Kier alpha value is -0.860. The monoisotopic (exact) mass is 177 g/mol. The quantitative estimate of drug-likeness (QED) is 0.720. The van der Waals surface area contributed by atoms with Gasteiger partial charge in [0.15, 0.2) is 0 Å². The van der Waals surface area contributed by atoms with Gasteiger partial charge in [-0.3, -0.25) is 0 Å². The number of hydrogen-bond donors (Lipinski definition) is 2. The summed E-state index contributed by atoms with van der Waals surface area (Å²) in [4.78, 5) is 0. The molecule has 0 radical (unpaired) electrons. The van der Waals surface area contributed by atoms with E-state index >= 15 is 0 Å². The van der Waals surface area contributed by atoms with Gasteiger partial charge in [-0.2, -0.15) is 0 Å². The maximum Gasteiger partial charge on any atom is 0.0531 e. The molecule has 2 nitrogen and oxygen atoms in total. The highest BCUT2D eigenvalue weighted by Crippen LogP contribution is 2.53. The third-order valence-electron chi connectivity index (χ3n) is 3.15. The SMILES string of the molecule is NCC1CC1(CO)c1ccccc1. The minimum Gasteiger partial charge on any atom is -0.395 e. The molecule has 1 aliphatic rings. The van der Waals surface area contributed by atoms with Crippen LogP contribution in [0.1, 0.15) is 12.0 Å². The molecule has 2 rings (SSSR count). The van der Waals surface area contributed by atoms with Crippen LogP contribution in [0.3, 0.4) is 0 Å². The Balaban J connectivity index is 2.25. The zero-order valence-corrected chi connectivity index (χ0v) is 7.61. The van der Waals surface area contributed by atoms with Gasteiger partial charge in [0.2, 0.25) is 0 Å². The standard InChI is InChI=1S/C11H15NO/c12-7-10-6-11(10,8-13)9-4-2-1-3-5-9/h1-5,10,13H,6-8,12H2. The zero-order chi connectivity index (χ0) is 9.31. The summed E-state index contributed by atoms with van der Waals surface area (Å²) in [5.41, 5.74) is 6.82. The molecule has 1 saturated carbocycles. The first-order valence-corrected chi connectivity index (χ1v) is 4.70. The largest absolute Gasteiger partial charge is 0.395 e. The molecule has 0 amide bonds. The van der Waals surface area contributed by atoms with Gasteiger partial charge in [-0.15, -0.1) is 0 Å². The summed E-state index contributed by atoms with van der Waals surface area (Å²) < 4.78 is 0. The van der Waals surface area contributed by atoms with E-state index in [2.05, 4.69) is 12.1 Å². The predicted octanol–water partition coefficient (Wildman–Crippen LogP) is 0.895. The Morgan fingerprint density at radius 2 is 2.08 bits per heavy atom. The number of aliphatic hydroxyl groups is 1. The van der Waals surface area contributed by atoms with E-state index in [1.54, 1.807) is 0 Å². The smallest absolute Gasteiger partial charge is 0.0531 e. The highest BCUT2D eigenvalue weighted by Gasteiger charge is 2.53. The van der Waals surface area contributed by atoms with Crippen LogP contribution in [0.4, 0.5) is 0 Å². The van der Waals surface area contributed by atoms with Crippen molar-refractivity contribution in [3.63, 3.8) is 0 Å². The van der Waals surface area contributed by atoms with Gasteiger partial charge in [0.25, 0.3) is 0 Å². The van der Waals surface area contributed by atoms with E-state index < -0.39 is 0 Å². The number of nitrogens with two attached hydrogens (primary N) is 1. The van der Waals surface area contributed by atoms with Crippen LogP contribution in [-0.2, 0) is 5.41 Å². The van der Waals surface area contributed by atoms with Crippen LogP contribution >= 0.6 is 0 Å². The second kappa shape index (κ2) is 3.13. The Kier molecular flexibility index (Phi) is 2.10. The van der Waals surface area contributed by atoms with E-state index in [9.17, 15) is 5.11 Å². The molecule has 2 unspecified atom stereocenters. The Bertz CT molecular complexity index is 285. The first-order valence-electron chi connectivity index (χ1n) is 4.70. The molecule has 1 aliphatic carbocycles. The van der Waals surface area contributed by atoms with Gasteiger partial charge in [0, 0.05) is 5.41 Å². The molecule has 1 aromatic carbocycles. The molecule has 2 heteroatoms. The summed E-state index contributed by atoms with van der Waals surface area (Å²) >= 11 is 0. The molecule has 70 valence electrons. The molecule has 0 spiro atoms. The highest BCUT2D eigenvalue weighted by molar-refractivity contribution is 5.33. The second-order valence-corrected chi connectivity index (χ2v) is 3.82. The van der Waals surface area contributed by atoms with Crippen LogP contribution in [0.2, 0.25) is 0 Å². The predicted molar refractivity (Wildman–Crippen MR) is 52.4 cm³/mol. The molecule has 0 saturated heterocycles. The zero-order valence-electron chi connectivity index (χ0n) is 7.61. The van der Waals surface area contributed by atoms with Gasteiger partial charge in [-0.05, 0) is 24.4 Å². The fourth-order valence-electron chi connectivity index (χ4n) is 2.10. The average molecular weight is 177 g/mol. The molecular formula is C11H15NO. The molecule has 13 heavy (non-hydrogen) atoms. The highest BCUT2D eigenvalue weighted by atomic mass is 16.3. The minimum atomic E-state index is -0.0178. The molecule has 0 bridgehead atoms. The van der Waals surface area contributed by atoms with Crippen molar-refractivity contribution >= 4 is 0 Å². The summed E-state index contributed by atoms with van der Waals surface area (Å²) in [7, 11) is 0. The van der Waals surface area contributed by atoms with Gasteiger partial charge in [-0.1, -0.05) is 30.3 Å². The first kappa shape index (κ1) is 8.73. The van der Waals surface area contributed by atoms with E-state index in [1.807, 2.05) is 18.2 Å². The van der Waals surface area contributed by atoms with E-state index in [1.165, 1.54) is 5.56 Å². The Labute approximate surface area is 78.4 Å². The number of rotatable bonds is 3. The van der Waals surface area contributed by atoms with Crippen molar-refractivity contribution in [1.29, 1.82) is 0 Å². The van der Waals surface area contributed by atoms with E-state index in [-0.39, 0.29) is 12.0 Å². The summed E-state index contributed by atoms with van der Waals surface area (Å²) in [6.07, 6.45) is 1.03. The molecule has 2 atom stereocenters. The Morgan fingerprint density at radius 3 is 2.54 bits per heavy atom. The van der Waals surface area contributed by atoms with Crippen molar-refractivity contribution in [3.05, 3.63) is 35.9 Å². The summed E-state index contributed by atoms with van der Waals surface area (Å²) in [5, 5.41) is 9.36. The number of aliphatic hydroxyl groups excluding tert-OH is 1. The number of hydrogen-bond acceptors (Lipinski definition) is 2. The molecule has 3 N–H and O–H groups in total. The molecule has 0 heterocycles. The molecular weight excluding hydrogens is 162 g/mol. The van der Waals surface area contributed by atoms with Crippen molar-refractivity contribution in [2.24, 2.45) is 11.7 Å². The van der Waals surface area contributed by atoms with E-state index in [0.717, 1.165) is 6.42 Å². The molecule has 0 aliphatic heterocycles. The van der Waals surface area contributed by atoms with E-state index in [0.29, 0.717) is 12.5 Å². The summed E-state index contributed by atoms with van der Waals surface area (Å²) in [6.45, 7) is 0.897. The van der Waals surface area contributed by atoms with Gasteiger partial charge in [0.05, 0.1) is 6.61 Å². The van der Waals surface area contributed by atoms with Gasteiger partial charge >= 0.3 is 0 Å². The molecule has 1 fully saturated rings. The van der Waals surface area contributed by atoms with Gasteiger partial charge < -0.3 is 10.8 Å². The minimum absolute atomic E-state index is 0.0178. The lowest BCUT2D eigenvalue weighted by molar-refractivity contribution is 0.246. The lowest BCUT2D eigenvalue weighted by atomic mass is 9.94. The third-order valence-corrected chi connectivity index (χ3v) is 3.15. The molecule has 0 aromatic heterocycles. The Morgan fingerprint density at radius 1 is 1.38 bits per heavy atom. The maximum absolute atomic E-state index is 9.36. The average Bonchev–Trinajstić information content (AvgIpc) is 2.94. The van der Waals surface area contributed by atoms with Crippen molar-refractivity contribution in [2.75, 3.05) is 13.2 Å². The van der Waals surface area contributed by atoms with Crippen LogP contribution in [0.5, 0.6) is 0 Å². The van der Waals surface area contributed by atoms with Crippen molar-refractivity contribution in [2.45, 2.75) is 11.8 Å². The van der Waals surface area contributed by atoms with Gasteiger partial charge in [-0.25, -0.2) is 0 Å². The van der Waals surface area contributed by atoms with Crippen molar-refractivity contribution in [1.82, 2.24) is 0 Å². The third kappa shape index (κ3) is 1.26. The van der Waals surface area contributed by atoms with Gasteiger partial charge in [0.1, 0.15) is 0 Å². The first-order chi connectivity index (χ1) is 6.33. The second-order valence-electron chi connectivity index (χ2n) is 3.82. The van der Waals surface area contributed by atoms with Crippen LogP contribution in [0.15, 0.2) is 30.3 Å². The molecule has 1 aromatic rings. The number of benzene rings is 1. The maximum atomic E-state index is 9.36. The van der Waals surface area contributed by atoms with Crippen LogP contribution in [0.25, 0.3) is 0 Å². The van der Waals surface area contributed by atoms with Crippen molar-refractivity contribution in [3.8, 4) is 0 Å². The van der Waals surface area contributed by atoms with Crippen LogP contribution < -0.4 is 5.73 Å². The van der Waals surface area contributed by atoms with Crippen LogP contribution in [-0.4, -0.2) is 18.3 Å². The summed E-state index contributed by atoms with van der Waals surface area (Å²) in [5.74, 6) is 0.472. The fourth-order valence-corrected chi connectivity index (χ4v) is 2.10. The lowest BCUT2D eigenvalue weighted by Crippen LogP contribution is -2.19. The van der Waals surface area contributed by atoms with Crippen LogP contribution in [0, 0.1) is 5.92 Å². The fraction of sp³-hybridized carbons (Fsp3) is 0.455. The van der Waals surface area contributed by atoms with Crippen molar-refractivity contribution < 1.29 is 5.11 Å². The topological polar surface area (TPSA) is 46.2 Å². The summed E-state index contributed by atoms with van der Waals surface area (Å²) in [6, 6.07) is 10.2. The normalized spacial score (nSPS) is 31.7. The van der Waals surface area contributed by atoms with E-state index in [4.69, 9.17) is 5.73 Å².